The minimum Gasteiger partial charge on any atom is -0.298 e. The molecule has 1 aromatic heterocycles. The van der Waals surface area contributed by atoms with Gasteiger partial charge in [0, 0.05) is 23.8 Å². The number of aryl methyl sites for hydroxylation is 2. The van der Waals surface area contributed by atoms with Crippen molar-refractivity contribution < 1.29 is 4.79 Å². The van der Waals surface area contributed by atoms with Crippen molar-refractivity contribution in [3.05, 3.63) is 16.4 Å². The summed E-state index contributed by atoms with van der Waals surface area (Å²) in [7, 11) is 1.85. The van der Waals surface area contributed by atoms with Gasteiger partial charge in [-0.05, 0) is 13.3 Å². The molecule has 0 saturated carbocycles. The number of hydrogen-bond donors (Lipinski definition) is 0. The number of thioether (sulfide) groups is 2. The first-order chi connectivity index (χ1) is 9.04. The number of ketones is 1. The Morgan fingerprint density at radius 3 is 2.74 bits per heavy atom. The van der Waals surface area contributed by atoms with Gasteiger partial charge < -0.3 is 0 Å². The zero-order valence-electron chi connectivity index (χ0n) is 11.5. The lowest BCUT2D eigenvalue weighted by Gasteiger charge is -2.28. The molecule has 0 radical (unpaired) electrons. The molecule has 1 saturated heterocycles. The molecule has 1 fully saturated rings. The van der Waals surface area contributed by atoms with Crippen LogP contribution in [0.1, 0.15) is 24.7 Å². The van der Waals surface area contributed by atoms with E-state index < -0.39 is 0 Å². The zero-order valence-corrected chi connectivity index (χ0v) is 13.9. The molecule has 6 heteroatoms. The van der Waals surface area contributed by atoms with Gasteiger partial charge in [0.25, 0.3) is 0 Å². The van der Waals surface area contributed by atoms with E-state index in [0.29, 0.717) is 16.7 Å². The highest BCUT2D eigenvalue weighted by Gasteiger charge is 2.31. The Kier molecular flexibility index (Phi) is 5.26. The van der Waals surface area contributed by atoms with Crippen LogP contribution < -0.4 is 0 Å². The van der Waals surface area contributed by atoms with Crippen molar-refractivity contribution in [1.82, 2.24) is 9.78 Å². The van der Waals surface area contributed by atoms with Crippen LogP contribution in [0.4, 0.5) is 0 Å². The lowest BCUT2D eigenvalue weighted by molar-refractivity contribution is -0.118. The molecule has 2 rings (SSSR count). The molecular formula is C13H19ClN2OS2. The number of carbonyl (C=O) groups excluding carboxylic acids is 1. The third-order valence-corrected chi connectivity index (χ3v) is 7.16. The van der Waals surface area contributed by atoms with Gasteiger partial charge >= 0.3 is 0 Å². The second-order valence-corrected chi connectivity index (χ2v) is 7.70. The minimum absolute atomic E-state index is 0.107. The Morgan fingerprint density at radius 1 is 1.47 bits per heavy atom. The van der Waals surface area contributed by atoms with Crippen LogP contribution in [0.25, 0.3) is 0 Å². The molecule has 106 valence electrons. The van der Waals surface area contributed by atoms with E-state index in [0.717, 1.165) is 29.3 Å². The van der Waals surface area contributed by atoms with E-state index in [1.807, 2.05) is 25.7 Å². The summed E-state index contributed by atoms with van der Waals surface area (Å²) in [5.74, 6) is 2.50. The lowest BCUT2D eigenvalue weighted by Crippen LogP contribution is -2.34. The standard InChI is InChI=1S/C13H19ClN2OS2/c1-4-11-13(19-6-5-18-11)10(17)7-9-12(14)8(2)15-16(9)3/h11,13H,4-7H2,1-3H3. The van der Waals surface area contributed by atoms with Crippen LogP contribution in [0.3, 0.4) is 0 Å². The highest BCUT2D eigenvalue weighted by atomic mass is 35.5. The van der Waals surface area contributed by atoms with E-state index >= 15 is 0 Å². The number of rotatable bonds is 4. The number of carbonyl (C=O) groups is 1. The van der Waals surface area contributed by atoms with E-state index in [1.165, 1.54) is 0 Å². The molecule has 0 aliphatic carbocycles. The first-order valence-electron chi connectivity index (χ1n) is 6.48. The minimum atomic E-state index is 0.107. The molecule has 0 N–H and O–H groups in total. The largest absolute Gasteiger partial charge is 0.298 e. The zero-order chi connectivity index (χ0) is 14.0. The van der Waals surface area contributed by atoms with Crippen molar-refractivity contribution in [2.45, 2.75) is 37.2 Å². The molecule has 3 nitrogen and oxygen atoms in total. The van der Waals surface area contributed by atoms with Crippen LogP contribution >= 0.6 is 35.1 Å². The molecule has 1 aromatic rings. The summed E-state index contributed by atoms with van der Waals surface area (Å²) < 4.78 is 1.73. The Bertz CT molecular complexity index is 475. The van der Waals surface area contributed by atoms with Crippen molar-refractivity contribution in [2.75, 3.05) is 11.5 Å². The van der Waals surface area contributed by atoms with Crippen molar-refractivity contribution in [1.29, 1.82) is 0 Å². The first-order valence-corrected chi connectivity index (χ1v) is 8.96. The quantitative estimate of drug-likeness (QED) is 0.854. The summed E-state index contributed by atoms with van der Waals surface area (Å²) >= 11 is 9.95. The van der Waals surface area contributed by atoms with E-state index in [1.54, 1.807) is 16.4 Å². The number of hydrogen-bond acceptors (Lipinski definition) is 4. The van der Waals surface area contributed by atoms with Crippen LogP contribution in [0, 0.1) is 6.92 Å². The maximum Gasteiger partial charge on any atom is 0.152 e. The van der Waals surface area contributed by atoms with Gasteiger partial charge in [-0.3, -0.25) is 9.48 Å². The number of Topliss-reactive ketones (excluding diaryl/α,β-unsaturated/α-hetero) is 1. The fourth-order valence-electron chi connectivity index (χ4n) is 2.34. The molecule has 0 spiro atoms. The Labute approximate surface area is 127 Å². The molecule has 2 heterocycles. The van der Waals surface area contributed by atoms with Gasteiger partial charge in [-0.1, -0.05) is 18.5 Å². The van der Waals surface area contributed by atoms with Gasteiger partial charge in [-0.15, -0.1) is 11.8 Å². The van der Waals surface area contributed by atoms with Gasteiger partial charge in [0.15, 0.2) is 5.78 Å². The number of nitrogens with zero attached hydrogens (tertiary/aromatic N) is 2. The third-order valence-electron chi connectivity index (χ3n) is 3.37. The number of halogens is 1. The Balaban J connectivity index is 2.11. The molecule has 2 unspecified atom stereocenters. The van der Waals surface area contributed by atoms with E-state index in [4.69, 9.17) is 11.6 Å². The first kappa shape index (κ1) is 15.3. The molecule has 0 amide bonds. The van der Waals surface area contributed by atoms with Crippen molar-refractivity contribution in [3.8, 4) is 0 Å². The summed E-state index contributed by atoms with van der Waals surface area (Å²) in [4.78, 5) is 12.5. The van der Waals surface area contributed by atoms with Crippen LogP contribution in [0.15, 0.2) is 0 Å². The molecule has 19 heavy (non-hydrogen) atoms. The Hall–Kier alpha value is -0.130. The lowest BCUT2D eigenvalue weighted by atomic mass is 10.1. The monoisotopic (exact) mass is 318 g/mol. The highest BCUT2D eigenvalue weighted by Crippen LogP contribution is 2.34. The maximum atomic E-state index is 12.5. The second-order valence-electron chi connectivity index (χ2n) is 4.72. The van der Waals surface area contributed by atoms with E-state index in [-0.39, 0.29) is 11.0 Å². The van der Waals surface area contributed by atoms with Gasteiger partial charge in [0.2, 0.25) is 0 Å². The second kappa shape index (κ2) is 6.55. The van der Waals surface area contributed by atoms with Gasteiger partial charge in [0.05, 0.1) is 28.1 Å². The average Bonchev–Trinajstić information content (AvgIpc) is 2.65. The average molecular weight is 319 g/mol. The van der Waals surface area contributed by atoms with Crippen LogP contribution in [0.5, 0.6) is 0 Å². The van der Waals surface area contributed by atoms with E-state index in [9.17, 15) is 4.79 Å². The Morgan fingerprint density at radius 2 is 2.16 bits per heavy atom. The molecule has 2 atom stereocenters. The number of aromatic nitrogens is 2. The summed E-state index contributed by atoms with van der Waals surface area (Å²) in [5.41, 5.74) is 1.64. The topological polar surface area (TPSA) is 34.9 Å². The van der Waals surface area contributed by atoms with Gasteiger partial charge in [-0.2, -0.15) is 16.9 Å². The molecular weight excluding hydrogens is 300 g/mol. The fraction of sp³-hybridized carbons (Fsp3) is 0.692. The predicted molar refractivity (Wildman–Crippen MR) is 84.4 cm³/mol. The van der Waals surface area contributed by atoms with Crippen LogP contribution in [-0.2, 0) is 18.3 Å². The van der Waals surface area contributed by atoms with Crippen molar-refractivity contribution in [2.24, 2.45) is 7.05 Å². The van der Waals surface area contributed by atoms with Gasteiger partial charge in [-0.25, -0.2) is 0 Å². The van der Waals surface area contributed by atoms with E-state index in [2.05, 4.69) is 12.0 Å². The van der Waals surface area contributed by atoms with Gasteiger partial charge in [0.1, 0.15) is 0 Å². The third kappa shape index (κ3) is 3.31. The van der Waals surface area contributed by atoms with Crippen molar-refractivity contribution >= 4 is 40.9 Å². The maximum absolute atomic E-state index is 12.5. The SMILES string of the molecule is CCC1SCCSC1C(=O)Cc1c(Cl)c(C)nn1C. The molecule has 1 aliphatic heterocycles. The summed E-state index contributed by atoms with van der Waals surface area (Å²) in [6.07, 6.45) is 1.44. The molecule has 0 aromatic carbocycles. The normalized spacial score (nSPS) is 23.6. The van der Waals surface area contributed by atoms with Crippen LogP contribution in [0.2, 0.25) is 5.02 Å². The summed E-state index contributed by atoms with van der Waals surface area (Å²) in [5, 5.41) is 5.46. The molecule has 0 bridgehead atoms. The highest BCUT2D eigenvalue weighted by molar-refractivity contribution is 8.07. The van der Waals surface area contributed by atoms with Crippen molar-refractivity contribution in [3.63, 3.8) is 0 Å². The smallest absolute Gasteiger partial charge is 0.152 e. The molecule has 1 aliphatic rings. The summed E-state index contributed by atoms with van der Waals surface area (Å²) in [6, 6.07) is 0. The summed E-state index contributed by atoms with van der Waals surface area (Å²) in [6.45, 7) is 4.03. The van der Waals surface area contributed by atoms with Crippen LogP contribution in [-0.4, -0.2) is 37.6 Å². The fourth-order valence-corrected chi connectivity index (χ4v) is 5.60. The predicted octanol–water partition coefficient (Wildman–Crippen LogP) is 3.12.